The van der Waals surface area contributed by atoms with E-state index in [9.17, 15) is 8.42 Å². The molecule has 0 spiro atoms. The molecule has 0 saturated carbocycles. The molecular formula is C8H10ClNO2S. The van der Waals surface area contributed by atoms with Gasteiger partial charge in [-0.15, -0.1) is 4.24 Å². The molecule has 0 bridgehead atoms. The number of hydrogen-bond acceptors (Lipinski definition) is 2. The van der Waals surface area contributed by atoms with Crippen LogP contribution in [0.25, 0.3) is 0 Å². The van der Waals surface area contributed by atoms with Gasteiger partial charge in [0, 0.05) is 0 Å². The number of aryl methyl sites for hydroxylation is 1. The van der Waals surface area contributed by atoms with Crippen molar-refractivity contribution in [2.24, 2.45) is 0 Å². The number of sulfonamides is 1. The molecule has 1 aromatic carbocycles. The van der Waals surface area contributed by atoms with Crippen molar-refractivity contribution in [1.29, 1.82) is 0 Å². The molecule has 1 N–H and O–H groups in total. The van der Waals surface area contributed by atoms with Gasteiger partial charge in [0.1, 0.15) is 0 Å². The normalized spacial score (nSPS) is 11.5. The summed E-state index contributed by atoms with van der Waals surface area (Å²) in [7, 11) is -3.51. The van der Waals surface area contributed by atoms with Gasteiger partial charge < -0.3 is 0 Å². The van der Waals surface area contributed by atoms with E-state index in [4.69, 9.17) is 11.8 Å². The maximum absolute atomic E-state index is 11.2. The summed E-state index contributed by atoms with van der Waals surface area (Å²) in [6, 6.07) is 6.59. The fourth-order valence-corrected chi connectivity index (χ4v) is 1.80. The second kappa shape index (κ2) is 4.09. The zero-order valence-corrected chi connectivity index (χ0v) is 8.69. The van der Waals surface area contributed by atoms with Crippen molar-refractivity contribution in [1.82, 2.24) is 4.24 Å². The summed E-state index contributed by atoms with van der Waals surface area (Å²) >= 11 is 5.06. The van der Waals surface area contributed by atoms with E-state index >= 15 is 0 Å². The molecule has 0 heterocycles. The maximum Gasteiger partial charge on any atom is 0.253 e. The second-order valence-corrected chi connectivity index (χ2v) is 4.67. The van der Waals surface area contributed by atoms with Gasteiger partial charge in [-0.05, 0) is 35.9 Å². The first-order valence-corrected chi connectivity index (χ1v) is 5.67. The largest absolute Gasteiger partial charge is 0.253 e. The van der Waals surface area contributed by atoms with E-state index < -0.39 is 10.0 Å². The van der Waals surface area contributed by atoms with Gasteiger partial charge in [-0.3, -0.25) is 0 Å². The van der Waals surface area contributed by atoms with Gasteiger partial charge in [0.15, 0.2) is 0 Å². The minimum absolute atomic E-state index is 0.180. The van der Waals surface area contributed by atoms with Gasteiger partial charge in [0.25, 0.3) is 10.0 Å². The third-order valence-corrected chi connectivity index (χ3v) is 3.45. The zero-order valence-electron chi connectivity index (χ0n) is 7.12. The molecule has 0 aromatic heterocycles. The number of rotatable bonds is 3. The van der Waals surface area contributed by atoms with Crippen LogP contribution < -0.4 is 4.24 Å². The zero-order chi connectivity index (χ0) is 9.90. The Kier molecular flexibility index (Phi) is 3.30. The summed E-state index contributed by atoms with van der Waals surface area (Å²) in [5.41, 5.74) is 1.09. The van der Waals surface area contributed by atoms with Crippen molar-refractivity contribution >= 4 is 21.8 Å². The summed E-state index contributed by atoms with van der Waals surface area (Å²) in [5.74, 6) is 0. The fraction of sp³-hybridized carbons (Fsp3) is 0.250. The van der Waals surface area contributed by atoms with E-state index in [1.54, 1.807) is 16.4 Å². The Morgan fingerprint density at radius 3 is 2.23 bits per heavy atom. The van der Waals surface area contributed by atoms with Gasteiger partial charge in [0.2, 0.25) is 0 Å². The lowest BCUT2D eigenvalue weighted by Crippen LogP contribution is -2.13. The molecule has 5 heteroatoms. The molecule has 0 aliphatic carbocycles. The second-order valence-electron chi connectivity index (χ2n) is 2.58. The molecule has 3 nitrogen and oxygen atoms in total. The van der Waals surface area contributed by atoms with Crippen LogP contribution in [-0.2, 0) is 16.4 Å². The van der Waals surface area contributed by atoms with E-state index in [0.717, 1.165) is 12.0 Å². The van der Waals surface area contributed by atoms with Gasteiger partial charge >= 0.3 is 0 Å². The van der Waals surface area contributed by atoms with Crippen molar-refractivity contribution in [2.45, 2.75) is 18.2 Å². The van der Waals surface area contributed by atoms with Crippen molar-refractivity contribution in [3.63, 3.8) is 0 Å². The molecule has 0 amide bonds. The van der Waals surface area contributed by atoms with Crippen LogP contribution in [-0.4, -0.2) is 8.42 Å². The molecule has 72 valence electrons. The van der Waals surface area contributed by atoms with Crippen LogP contribution in [0.1, 0.15) is 12.5 Å². The summed E-state index contributed by atoms with van der Waals surface area (Å²) in [5, 5.41) is 0. The monoisotopic (exact) mass is 219 g/mol. The van der Waals surface area contributed by atoms with Crippen LogP contribution in [0.5, 0.6) is 0 Å². The Morgan fingerprint density at radius 1 is 1.31 bits per heavy atom. The lowest BCUT2D eigenvalue weighted by Gasteiger charge is -2.01. The maximum atomic E-state index is 11.2. The van der Waals surface area contributed by atoms with Crippen molar-refractivity contribution in [2.75, 3.05) is 0 Å². The number of halogens is 1. The minimum Gasteiger partial charge on any atom is -0.206 e. The van der Waals surface area contributed by atoms with E-state index in [1.165, 1.54) is 12.1 Å². The average molecular weight is 220 g/mol. The SMILES string of the molecule is CCc1ccc(S(=O)(=O)NCl)cc1. The molecule has 1 aromatic rings. The molecule has 0 unspecified atom stereocenters. The standard InChI is InChI=1S/C8H10ClNO2S/c1-2-7-3-5-8(6-4-7)13(11,12)10-9/h3-6,10H,2H2,1H3. The molecule has 1 rings (SSSR count). The fourth-order valence-electron chi connectivity index (χ4n) is 0.949. The molecule has 0 atom stereocenters. The highest BCUT2D eigenvalue weighted by molar-refractivity contribution is 7.90. The predicted octanol–water partition coefficient (Wildman–Crippen LogP) is 1.68. The van der Waals surface area contributed by atoms with Crippen LogP contribution in [0.2, 0.25) is 0 Å². The van der Waals surface area contributed by atoms with E-state index in [2.05, 4.69) is 0 Å². The van der Waals surface area contributed by atoms with Crippen molar-refractivity contribution in [3.8, 4) is 0 Å². The number of benzene rings is 1. The Labute approximate surface area is 82.9 Å². The summed E-state index contributed by atoms with van der Waals surface area (Å²) in [6.45, 7) is 2.00. The topological polar surface area (TPSA) is 46.2 Å². The predicted molar refractivity (Wildman–Crippen MR) is 52.0 cm³/mol. The van der Waals surface area contributed by atoms with Gasteiger partial charge in [-0.25, -0.2) is 8.42 Å². The third kappa shape index (κ3) is 2.43. The summed E-state index contributed by atoms with van der Waals surface area (Å²) in [6.07, 6.45) is 0.884. The van der Waals surface area contributed by atoms with Gasteiger partial charge in [-0.1, -0.05) is 19.1 Å². The van der Waals surface area contributed by atoms with Crippen molar-refractivity contribution in [3.05, 3.63) is 29.8 Å². The molecule has 0 fully saturated rings. The Hall–Kier alpha value is -0.580. The highest BCUT2D eigenvalue weighted by Gasteiger charge is 2.10. The van der Waals surface area contributed by atoms with Crippen molar-refractivity contribution < 1.29 is 8.42 Å². The summed E-state index contributed by atoms with van der Waals surface area (Å²) < 4.78 is 24.1. The smallest absolute Gasteiger partial charge is 0.206 e. The highest BCUT2D eigenvalue weighted by Crippen LogP contribution is 2.10. The van der Waals surface area contributed by atoms with Crippen LogP contribution in [0.15, 0.2) is 29.2 Å². The minimum atomic E-state index is -3.51. The Bertz CT molecular complexity index is 372. The molecule has 13 heavy (non-hydrogen) atoms. The Balaban J connectivity index is 3.06. The van der Waals surface area contributed by atoms with Crippen LogP contribution in [0.4, 0.5) is 0 Å². The lowest BCUT2D eigenvalue weighted by molar-refractivity contribution is 0.594. The number of hydrogen-bond donors (Lipinski definition) is 1. The van der Waals surface area contributed by atoms with Crippen LogP contribution in [0, 0.1) is 0 Å². The lowest BCUT2D eigenvalue weighted by atomic mass is 10.2. The average Bonchev–Trinajstić information content (AvgIpc) is 2.18. The quantitative estimate of drug-likeness (QED) is 0.787. The van der Waals surface area contributed by atoms with E-state index in [1.807, 2.05) is 6.92 Å². The summed E-state index contributed by atoms with van der Waals surface area (Å²) in [4.78, 5) is 0.180. The van der Waals surface area contributed by atoms with E-state index in [0.29, 0.717) is 0 Å². The van der Waals surface area contributed by atoms with Crippen LogP contribution >= 0.6 is 11.8 Å². The number of nitrogens with one attached hydrogen (secondary N) is 1. The first-order chi connectivity index (χ1) is 6.10. The van der Waals surface area contributed by atoms with Gasteiger partial charge in [-0.2, -0.15) is 0 Å². The highest BCUT2D eigenvalue weighted by atomic mass is 35.5. The molecule has 0 radical (unpaired) electrons. The Morgan fingerprint density at radius 2 is 1.85 bits per heavy atom. The molecule has 0 aliphatic rings. The van der Waals surface area contributed by atoms with Gasteiger partial charge in [0.05, 0.1) is 4.90 Å². The first kappa shape index (κ1) is 10.5. The third-order valence-electron chi connectivity index (χ3n) is 1.74. The first-order valence-electron chi connectivity index (χ1n) is 3.81. The van der Waals surface area contributed by atoms with E-state index in [-0.39, 0.29) is 4.90 Å². The molecule has 0 aliphatic heterocycles. The molecular weight excluding hydrogens is 210 g/mol. The van der Waals surface area contributed by atoms with Crippen LogP contribution in [0.3, 0.4) is 0 Å². The molecule has 0 saturated heterocycles.